The van der Waals surface area contributed by atoms with Gasteiger partial charge < -0.3 is 5.32 Å². The van der Waals surface area contributed by atoms with Crippen molar-refractivity contribution in [2.75, 3.05) is 11.1 Å². The minimum atomic E-state index is -1.67. The topological polar surface area (TPSA) is 64.0 Å². The third-order valence-corrected chi connectivity index (χ3v) is 6.07. The van der Waals surface area contributed by atoms with Crippen molar-refractivity contribution < 1.29 is 18.0 Å². The lowest BCUT2D eigenvalue weighted by Crippen LogP contribution is -2.23. The van der Waals surface area contributed by atoms with Gasteiger partial charge in [0.1, 0.15) is 0 Å². The highest BCUT2D eigenvalue weighted by Crippen LogP contribution is 2.24. The minimum absolute atomic E-state index is 0.242. The number of thioether (sulfide) groups is 1. The molecule has 168 valence electrons. The summed E-state index contributed by atoms with van der Waals surface area (Å²) in [7, 11) is 0. The molecule has 1 aromatic heterocycles. The Morgan fingerprint density at radius 3 is 2.52 bits per heavy atom. The molecule has 0 unspecified atom stereocenters. The van der Waals surface area contributed by atoms with Crippen LogP contribution in [0, 0.1) is 31.3 Å². The fourth-order valence-electron chi connectivity index (χ4n) is 3.24. The number of para-hydroxylation sites is 1. The summed E-state index contributed by atoms with van der Waals surface area (Å²) in [5.74, 6) is -5.41. The van der Waals surface area contributed by atoms with E-state index in [1.165, 1.54) is 4.57 Å². The quantitative estimate of drug-likeness (QED) is 0.249. The molecule has 0 saturated heterocycles. The van der Waals surface area contributed by atoms with Gasteiger partial charge in [-0.15, -0.1) is 0 Å². The van der Waals surface area contributed by atoms with Gasteiger partial charge in [0.15, 0.2) is 22.6 Å². The summed E-state index contributed by atoms with van der Waals surface area (Å²) in [6.07, 6.45) is 0. The average molecular weight is 469 g/mol. The molecule has 1 heterocycles. The normalized spacial score (nSPS) is 11.1. The van der Waals surface area contributed by atoms with Crippen LogP contribution in [0.5, 0.6) is 0 Å². The van der Waals surface area contributed by atoms with Gasteiger partial charge in [0, 0.05) is 0 Å². The number of aryl methyl sites for hydroxylation is 2. The van der Waals surface area contributed by atoms with Gasteiger partial charge in [-0.05, 0) is 61.4 Å². The Balaban J connectivity index is 1.68. The second-order valence-corrected chi connectivity index (χ2v) is 8.32. The summed E-state index contributed by atoms with van der Waals surface area (Å²) in [6.45, 7) is 3.88. The van der Waals surface area contributed by atoms with Crippen LogP contribution in [0.1, 0.15) is 11.1 Å². The number of amides is 1. The molecule has 5 nitrogen and oxygen atoms in total. The third-order valence-electron chi connectivity index (χ3n) is 5.14. The van der Waals surface area contributed by atoms with Gasteiger partial charge in [-0.25, -0.2) is 18.2 Å². The Morgan fingerprint density at radius 1 is 1.00 bits per heavy atom. The van der Waals surface area contributed by atoms with E-state index in [1.54, 1.807) is 30.3 Å². The predicted octanol–water partition coefficient (Wildman–Crippen LogP) is 5.15. The molecule has 0 radical (unpaired) electrons. The first-order chi connectivity index (χ1) is 15.8. The first kappa shape index (κ1) is 22.6. The molecule has 9 heteroatoms. The largest absolute Gasteiger partial charge is 0.323 e. The average Bonchev–Trinajstić information content (AvgIpc) is 2.80. The SMILES string of the molecule is Cc1ccc(-n2c(SCC(=O)Nc3ccc(F)c(F)c3F)nc3ccccc3c2=O)cc1C. The van der Waals surface area contributed by atoms with Crippen LogP contribution in [0.25, 0.3) is 16.6 Å². The highest BCUT2D eigenvalue weighted by Gasteiger charge is 2.18. The van der Waals surface area contributed by atoms with Crippen LogP contribution in [-0.4, -0.2) is 21.2 Å². The maximum Gasteiger partial charge on any atom is 0.266 e. The monoisotopic (exact) mass is 469 g/mol. The fraction of sp³-hybridized carbons (Fsp3) is 0.125. The molecule has 0 saturated carbocycles. The number of fused-ring (bicyclic) bond motifs is 1. The van der Waals surface area contributed by atoms with E-state index >= 15 is 0 Å². The Hall–Kier alpha value is -3.59. The molecule has 0 spiro atoms. The highest BCUT2D eigenvalue weighted by atomic mass is 32.2. The van der Waals surface area contributed by atoms with Crippen molar-refractivity contribution in [2.24, 2.45) is 0 Å². The molecule has 1 amide bonds. The summed E-state index contributed by atoms with van der Waals surface area (Å²) in [5, 5.41) is 2.91. The lowest BCUT2D eigenvalue weighted by atomic mass is 10.1. The predicted molar refractivity (Wildman–Crippen MR) is 122 cm³/mol. The van der Waals surface area contributed by atoms with Crippen molar-refractivity contribution in [3.05, 3.63) is 93.5 Å². The number of aromatic nitrogens is 2. The van der Waals surface area contributed by atoms with Crippen LogP contribution in [0.2, 0.25) is 0 Å². The summed E-state index contributed by atoms with van der Waals surface area (Å²) in [4.78, 5) is 30.2. The van der Waals surface area contributed by atoms with E-state index in [0.717, 1.165) is 35.0 Å². The van der Waals surface area contributed by atoms with Crippen molar-refractivity contribution in [3.8, 4) is 5.69 Å². The van der Waals surface area contributed by atoms with Gasteiger partial charge in [-0.2, -0.15) is 0 Å². The van der Waals surface area contributed by atoms with E-state index in [1.807, 2.05) is 26.0 Å². The van der Waals surface area contributed by atoms with E-state index in [-0.39, 0.29) is 16.5 Å². The Bertz CT molecular complexity index is 1450. The zero-order valence-electron chi connectivity index (χ0n) is 17.7. The molecule has 33 heavy (non-hydrogen) atoms. The summed E-state index contributed by atoms with van der Waals surface area (Å²) in [5.41, 5.74) is 2.33. The molecule has 1 N–H and O–H groups in total. The maximum absolute atomic E-state index is 13.9. The zero-order chi connectivity index (χ0) is 23.7. The first-order valence-electron chi connectivity index (χ1n) is 9.92. The number of rotatable bonds is 5. The summed E-state index contributed by atoms with van der Waals surface area (Å²) in [6, 6.07) is 14.1. The molecule has 4 aromatic rings. The number of hydrogen-bond acceptors (Lipinski definition) is 4. The van der Waals surface area contributed by atoms with Gasteiger partial charge in [0.2, 0.25) is 5.91 Å². The van der Waals surface area contributed by atoms with Crippen molar-refractivity contribution in [3.63, 3.8) is 0 Å². The number of carbonyl (C=O) groups is 1. The highest BCUT2D eigenvalue weighted by molar-refractivity contribution is 7.99. The molecule has 0 bridgehead atoms. The molecular weight excluding hydrogens is 451 g/mol. The number of carbonyl (C=O) groups excluding carboxylic acids is 1. The van der Waals surface area contributed by atoms with Gasteiger partial charge in [-0.3, -0.25) is 14.2 Å². The van der Waals surface area contributed by atoms with E-state index < -0.39 is 29.0 Å². The van der Waals surface area contributed by atoms with Gasteiger partial charge in [0.25, 0.3) is 5.56 Å². The third kappa shape index (κ3) is 4.49. The number of halogens is 3. The summed E-state index contributed by atoms with van der Waals surface area (Å²) >= 11 is 0.971. The number of anilines is 1. The lowest BCUT2D eigenvalue weighted by molar-refractivity contribution is -0.113. The molecule has 3 aromatic carbocycles. The molecule has 0 fully saturated rings. The van der Waals surface area contributed by atoms with Crippen molar-refractivity contribution >= 4 is 34.3 Å². The van der Waals surface area contributed by atoms with Crippen LogP contribution in [0.15, 0.2) is 64.5 Å². The molecule has 4 rings (SSSR count). The molecule has 0 aliphatic heterocycles. The molecule has 0 atom stereocenters. The zero-order valence-corrected chi connectivity index (χ0v) is 18.5. The first-order valence-corrected chi connectivity index (χ1v) is 10.9. The van der Waals surface area contributed by atoms with Crippen molar-refractivity contribution in [1.29, 1.82) is 0 Å². The molecule has 0 aliphatic carbocycles. The van der Waals surface area contributed by atoms with Crippen molar-refractivity contribution in [1.82, 2.24) is 9.55 Å². The molecule has 0 aliphatic rings. The Kier molecular flexibility index (Phi) is 6.24. The minimum Gasteiger partial charge on any atom is -0.323 e. The number of nitrogens with one attached hydrogen (secondary N) is 1. The Labute approximate surface area is 191 Å². The van der Waals surface area contributed by atoms with Gasteiger partial charge in [-0.1, -0.05) is 30.0 Å². The van der Waals surface area contributed by atoms with Crippen LogP contribution in [0.3, 0.4) is 0 Å². The second-order valence-electron chi connectivity index (χ2n) is 7.38. The van der Waals surface area contributed by atoms with E-state index in [0.29, 0.717) is 16.6 Å². The van der Waals surface area contributed by atoms with Gasteiger partial charge >= 0.3 is 0 Å². The van der Waals surface area contributed by atoms with E-state index in [9.17, 15) is 22.8 Å². The van der Waals surface area contributed by atoms with Gasteiger partial charge in [0.05, 0.1) is 28.0 Å². The van der Waals surface area contributed by atoms with Crippen LogP contribution < -0.4 is 10.9 Å². The number of hydrogen-bond donors (Lipinski definition) is 1. The molecular formula is C24H18F3N3O2S. The van der Waals surface area contributed by atoms with Crippen LogP contribution in [-0.2, 0) is 4.79 Å². The Morgan fingerprint density at radius 2 is 1.76 bits per heavy atom. The van der Waals surface area contributed by atoms with Crippen LogP contribution >= 0.6 is 11.8 Å². The standard InChI is InChI=1S/C24H18F3N3O2S/c1-13-7-8-15(11-14(13)2)30-23(32)16-5-3-4-6-18(16)29-24(30)33-12-20(31)28-19-10-9-17(25)21(26)22(19)27/h3-11H,12H2,1-2H3,(H,28,31). The fourth-order valence-corrected chi connectivity index (χ4v) is 4.05. The van der Waals surface area contributed by atoms with Crippen LogP contribution in [0.4, 0.5) is 18.9 Å². The number of benzene rings is 3. The summed E-state index contributed by atoms with van der Waals surface area (Å²) < 4.78 is 41.8. The number of nitrogens with zero attached hydrogens (tertiary/aromatic N) is 2. The van der Waals surface area contributed by atoms with Crippen molar-refractivity contribution in [2.45, 2.75) is 19.0 Å². The maximum atomic E-state index is 13.9. The second kappa shape index (κ2) is 9.11. The van der Waals surface area contributed by atoms with E-state index in [2.05, 4.69) is 10.3 Å². The van der Waals surface area contributed by atoms with E-state index in [4.69, 9.17) is 0 Å². The lowest BCUT2D eigenvalue weighted by Gasteiger charge is -2.14. The smallest absolute Gasteiger partial charge is 0.266 e.